The average Bonchev–Trinajstić information content (AvgIpc) is 2.62. The van der Waals surface area contributed by atoms with Crippen LogP contribution in [-0.4, -0.2) is 12.5 Å². The summed E-state index contributed by atoms with van der Waals surface area (Å²) < 4.78 is 0. The molecule has 0 aliphatic rings. The summed E-state index contributed by atoms with van der Waals surface area (Å²) in [5.41, 5.74) is 10.3. The lowest BCUT2D eigenvalue weighted by Gasteiger charge is -2.17. The van der Waals surface area contributed by atoms with E-state index in [4.69, 9.17) is 23.2 Å². The molecular formula is C20H25Cl2N3O. The van der Waals surface area contributed by atoms with Gasteiger partial charge in [0.05, 0.1) is 23.3 Å². The molecule has 2 aromatic rings. The summed E-state index contributed by atoms with van der Waals surface area (Å²) in [5.74, 6) is -0.104. The predicted octanol–water partition coefficient (Wildman–Crippen LogP) is 4.91. The van der Waals surface area contributed by atoms with Crippen LogP contribution in [0.3, 0.4) is 0 Å². The normalized spacial score (nSPS) is 11.9. The summed E-state index contributed by atoms with van der Waals surface area (Å²) in [6.45, 7) is 6.42. The molecule has 0 fully saturated rings. The molecule has 0 saturated carbocycles. The van der Waals surface area contributed by atoms with Crippen molar-refractivity contribution in [2.24, 2.45) is 0 Å². The summed E-state index contributed by atoms with van der Waals surface area (Å²) >= 11 is 11.9. The maximum Gasteiger partial charge on any atom is 0.236 e. The van der Waals surface area contributed by atoms with Gasteiger partial charge >= 0.3 is 0 Å². The van der Waals surface area contributed by atoms with Crippen molar-refractivity contribution in [3.63, 3.8) is 0 Å². The third kappa shape index (κ3) is 5.63. The quantitative estimate of drug-likeness (QED) is 0.558. The van der Waals surface area contributed by atoms with E-state index < -0.39 is 0 Å². The molecule has 26 heavy (non-hydrogen) atoms. The smallest absolute Gasteiger partial charge is 0.236 e. The fraction of sp³-hybridized carbons (Fsp3) is 0.350. The summed E-state index contributed by atoms with van der Waals surface area (Å²) in [5, 5.41) is 4.05. The first-order valence-electron chi connectivity index (χ1n) is 8.79. The second-order valence-corrected chi connectivity index (χ2v) is 6.97. The number of halogens is 2. The van der Waals surface area contributed by atoms with Crippen LogP contribution in [0.5, 0.6) is 0 Å². The fourth-order valence-corrected chi connectivity index (χ4v) is 3.23. The maximum absolute atomic E-state index is 12.2. The number of hydrogen-bond donors (Lipinski definition) is 3. The molecule has 2 rings (SSSR count). The number of amides is 1. The number of anilines is 1. The predicted molar refractivity (Wildman–Crippen MR) is 110 cm³/mol. The van der Waals surface area contributed by atoms with Gasteiger partial charge in [0.15, 0.2) is 0 Å². The third-order valence-electron chi connectivity index (χ3n) is 4.27. The Hall–Kier alpha value is -1.75. The molecule has 4 nitrogen and oxygen atoms in total. The molecule has 0 unspecified atom stereocenters. The van der Waals surface area contributed by atoms with Gasteiger partial charge in [0.2, 0.25) is 5.91 Å². The van der Waals surface area contributed by atoms with Crippen LogP contribution >= 0.6 is 23.2 Å². The lowest BCUT2D eigenvalue weighted by molar-refractivity contribution is -0.120. The van der Waals surface area contributed by atoms with Crippen molar-refractivity contribution in [2.45, 2.75) is 39.7 Å². The molecule has 0 radical (unpaired) electrons. The zero-order valence-corrected chi connectivity index (χ0v) is 16.8. The highest BCUT2D eigenvalue weighted by Gasteiger charge is 2.11. The Balaban J connectivity index is 1.87. The van der Waals surface area contributed by atoms with Crippen LogP contribution in [0.2, 0.25) is 10.0 Å². The van der Waals surface area contributed by atoms with E-state index in [0.717, 1.165) is 18.4 Å². The number of nitrogens with one attached hydrogen (secondary N) is 3. The molecule has 0 aliphatic carbocycles. The van der Waals surface area contributed by atoms with Gasteiger partial charge in [0.25, 0.3) is 0 Å². The number of rotatable bonds is 8. The van der Waals surface area contributed by atoms with Crippen molar-refractivity contribution in [1.29, 1.82) is 0 Å². The Bertz CT molecular complexity index is 765. The summed E-state index contributed by atoms with van der Waals surface area (Å²) in [6, 6.07) is 11.5. The zero-order chi connectivity index (χ0) is 19.1. The van der Waals surface area contributed by atoms with Crippen LogP contribution in [0.25, 0.3) is 0 Å². The SMILES string of the molecule is CCc1ccc([C@@H](C)NC(=O)CNNc2ccc(Cl)cc2Cl)cc1CC. The fourth-order valence-electron chi connectivity index (χ4n) is 2.78. The average molecular weight is 394 g/mol. The first-order valence-corrected chi connectivity index (χ1v) is 9.55. The van der Waals surface area contributed by atoms with Gasteiger partial charge in [-0.05, 0) is 54.7 Å². The van der Waals surface area contributed by atoms with Crippen LogP contribution < -0.4 is 16.2 Å². The van der Waals surface area contributed by atoms with Gasteiger partial charge in [0.1, 0.15) is 0 Å². The Kier molecular flexibility index (Phi) is 7.76. The van der Waals surface area contributed by atoms with Gasteiger partial charge in [0, 0.05) is 5.02 Å². The molecule has 0 bridgehead atoms. The lowest BCUT2D eigenvalue weighted by atomic mass is 9.97. The van der Waals surface area contributed by atoms with Crippen molar-refractivity contribution in [2.75, 3.05) is 12.0 Å². The molecule has 1 amide bonds. The summed E-state index contributed by atoms with van der Waals surface area (Å²) in [4.78, 5) is 12.2. The van der Waals surface area contributed by atoms with Crippen LogP contribution in [0, 0.1) is 0 Å². The number of carbonyl (C=O) groups is 1. The van der Waals surface area contributed by atoms with E-state index in [9.17, 15) is 4.79 Å². The van der Waals surface area contributed by atoms with E-state index in [2.05, 4.69) is 48.2 Å². The number of hydrazine groups is 1. The van der Waals surface area contributed by atoms with Crippen molar-refractivity contribution in [3.8, 4) is 0 Å². The Morgan fingerprint density at radius 3 is 2.42 bits per heavy atom. The van der Waals surface area contributed by atoms with Crippen molar-refractivity contribution in [3.05, 3.63) is 63.1 Å². The topological polar surface area (TPSA) is 53.2 Å². The van der Waals surface area contributed by atoms with Crippen LogP contribution in [0.4, 0.5) is 5.69 Å². The molecule has 1 atom stereocenters. The minimum Gasteiger partial charge on any atom is -0.348 e. The highest BCUT2D eigenvalue weighted by molar-refractivity contribution is 6.36. The van der Waals surface area contributed by atoms with Crippen molar-refractivity contribution < 1.29 is 4.79 Å². The first-order chi connectivity index (χ1) is 12.4. The van der Waals surface area contributed by atoms with E-state index in [-0.39, 0.29) is 18.5 Å². The van der Waals surface area contributed by atoms with Gasteiger partial charge in [-0.3, -0.25) is 4.79 Å². The number of aryl methyl sites for hydroxylation is 2. The van der Waals surface area contributed by atoms with Crippen molar-refractivity contribution in [1.82, 2.24) is 10.7 Å². The molecule has 3 N–H and O–H groups in total. The molecule has 6 heteroatoms. The third-order valence-corrected chi connectivity index (χ3v) is 4.82. The summed E-state index contributed by atoms with van der Waals surface area (Å²) in [6.07, 6.45) is 2.01. The Morgan fingerprint density at radius 1 is 1.04 bits per heavy atom. The van der Waals surface area contributed by atoms with E-state index in [1.807, 2.05) is 6.92 Å². The molecular weight excluding hydrogens is 369 g/mol. The highest BCUT2D eigenvalue weighted by atomic mass is 35.5. The second-order valence-electron chi connectivity index (χ2n) is 6.13. The molecule has 0 spiro atoms. The zero-order valence-electron chi connectivity index (χ0n) is 15.3. The van der Waals surface area contributed by atoms with Crippen LogP contribution in [-0.2, 0) is 17.6 Å². The number of benzene rings is 2. The molecule has 140 valence electrons. The maximum atomic E-state index is 12.2. The van der Waals surface area contributed by atoms with E-state index in [0.29, 0.717) is 15.7 Å². The van der Waals surface area contributed by atoms with Gasteiger partial charge in [-0.25, -0.2) is 5.43 Å². The highest BCUT2D eigenvalue weighted by Crippen LogP contribution is 2.24. The minimum absolute atomic E-state index is 0.0559. The van der Waals surface area contributed by atoms with Gasteiger partial charge in [-0.1, -0.05) is 55.2 Å². The molecule has 0 aliphatic heterocycles. The van der Waals surface area contributed by atoms with E-state index in [1.54, 1.807) is 18.2 Å². The van der Waals surface area contributed by atoms with E-state index in [1.165, 1.54) is 11.1 Å². The van der Waals surface area contributed by atoms with Gasteiger partial charge in [-0.2, -0.15) is 0 Å². The number of hydrogen-bond acceptors (Lipinski definition) is 3. The van der Waals surface area contributed by atoms with Gasteiger partial charge in [-0.15, -0.1) is 0 Å². The monoisotopic (exact) mass is 393 g/mol. The van der Waals surface area contributed by atoms with Crippen LogP contribution in [0.1, 0.15) is 43.5 Å². The standard InChI is InChI=1S/C20H25Cl2N3O/c1-4-14-6-7-16(10-15(14)5-2)13(3)24-20(26)12-23-25-19-9-8-17(21)11-18(19)22/h6-11,13,23,25H,4-5,12H2,1-3H3,(H,24,26)/t13-/m1/s1. The number of carbonyl (C=O) groups excluding carboxylic acids is 1. The molecule has 0 saturated heterocycles. The molecule has 0 aromatic heterocycles. The first kappa shape index (κ1) is 20.6. The molecule has 0 heterocycles. The molecule has 2 aromatic carbocycles. The van der Waals surface area contributed by atoms with Gasteiger partial charge < -0.3 is 10.7 Å². The van der Waals surface area contributed by atoms with Crippen LogP contribution in [0.15, 0.2) is 36.4 Å². The summed E-state index contributed by atoms with van der Waals surface area (Å²) in [7, 11) is 0. The Morgan fingerprint density at radius 2 is 1.77 bits per heavy atom. The lowest BCUT2D eigenvalue weighted by Crippen LogP contribution is -2.37. The van der Waals surface area contributed by atoms with Crippen molar-refractivity contribution >= 4 is 34.8 Å². The largest absolute Gasteiger partial charge is 0.348 e. The minimum atomic E-state index is -0.104. The van der Waals surface area contributed by atoms with E-state index >= 15 is 0 Å². The Labute approximate surface area is 165 Å². The second kappa shape index (κ2) is 9.81.